The van der Waals surface area contributed by atoms with Gasteiger partial charge in [-0.15, -0.1) is 0 Å². The fraction of sp³-hybridized carbons (Fsp3) is 0.152. The summed E-state index contributed by atoms with van der Waals surface area (Å²) < 4.78 is 5.85. The lowest BCUT2D eigenvalue weighted by Crippen LogP contribution is -2.37. The van der Waals surface area contributed by atoms with E-state index in [1.54, 1.807) is 24.3 Å². The van der Waals surface area contributed by atoms with Crippen LogP contribution in [0.15, 0.2) is 103 Å². The van der Waals surface area contributed by atoms with Gasteiger partial charge in [-0.25, -0.2) is 9.97 Å². The Morgan fingerprint density at radius 1 is 0.725 bits per heavy atom. The molecule has 1 aliphatic heterocycles. The van der Waals surface area contributed by atoms with E-state index in [0.717, 1.165) is 54.0 Å². The highest BCUT2D eigenvalue weighted by molar-refractivity contribution is 7.80. The number of hydrogen-bond donors (Lipinski definition) is 1. The van der Waals surface area contributed by atoms with Crippen molar-refractivity contribution in [1.29, 1.82) is 0 Å². The van der Waals surface area contributed by atoms with Gasteiger partial charge in [0.05, 0.1) is 22.4 Å². The Labute approximate surface area is 238 Å². The number of rotatable bonds is 5. The SMILES string of the molecule is O=C(Nc1ccc2nc(-c3ccccc3)c(-c3ccccc3)nc2c1)c1ccc(OC(=S)N2CCCCC2)cc1. The molecule has 0 aliphatic carbocycles. The molecule has 6 nitrogen and oxygen atoms in total. The Balaban J connectivity index is 1.22. The number of anilines is 1. The van der Waals surface area contributed by atoms with E-state index in [1.165, 1.54) is 6.42 Å². The molecule has 2 heterocycles. The third-order valence-corrected chi connectivity index (χ3v) is 7.29. The van der Waals surface area contributed by atoms with Gasteiger partial charge in [0.25, 0.3) is 11.1 Å². The molecule has 7 heteroatoms. The van der Waals surface area contributed by atoms with E-state index in [9.17, 15) is 4.79 Å². The van der Waals surface area contributed by atoms with Gasteiger partial charge in [0, 0.05) is 35.5 Å². The number of amides is 1. The topological polar surface area (TPSA) is 67.3 Å². The third-order valence-electron chi connectivity index (χ3n) is 6.95. The van der Waals surface area contributed by atoms with Gasteiger partial charge in [0.1, 0.15) is 5.75 Å². The molecule has 0 atom stereocenters. The summed E-state index contributed by atoms with van der Waals surface area (Å²) in [6.45, 7) is 1.85. The van der Waals surface area contributed by atoms with Crippen LogP contribution in [0.2, 0.25) is 0 Å². The minimum absolute atomic E-state index is 0.221. The molecule has 1 aromatic heterocycles. The van der Waals surface area contributed by atoms with Gasteiger partial charge in [-0.2, -0.15) is 0 Å². The standard InChI is InChI=1S/C33H28N4O2S/c38-32(25-14-17-27(18-15-25)39-33(40)37-20-8-3-9-21-37)34-26-16-19-28-29(22-26)36-31(24-12-6-2-7-13-24)30(35-28)23-10-4-1-5-11-23/h1-2,4-7,10-19,22H,3,8-9,20-21H2,(H,34,38). The normalized spacial score (nSPS) is 13.2. The van der Waals surface area contributed by atoms with Crippen molar-refractivity contribution in [3.8, 4) is 28.3 Å². The predicted octanol–water partition coefficient (Wildman–Crippen LogP) is 7.37. The molecule has 0 saturated carbocycles. The quantitative estimate of drug-likeness (QED) is 0.233. The van der Waals surface area contributed by atoms with Gasteiger partial charge in [-0.05, 0) is 73.9 Å². The van der Waals surface area contributed by atoms with Crippen molar-refractivity contribution < 1.29 is 9.53 Å². The lowest BCUT2D eigenvalue weighted by molar-refractivity contribution is 0.102. The van der Waals surface area contributed by atoms with Crippen LogP contribution in [0, 0.1) is 0 Å². The number of ether oxygens (including phenoxy) is 1. The van der Waals surface area contributed by atoms with Gasteiger partial charge >= 0.3 is 0 Å². The second kappa shape index (κ2) is 11.6. The average molecular weight is 545 g/mol. The summed E-state index contributed by atoms with van der Waals surface area (Å²) in [6, 6.07) is 32.7. The monoisotopic (exact) mass is 544 g/mol. The molecule has 0 radical (unpaired) electrons. The first-order chi connectivity index (χ1) is 19.6. The van der Waals surface area contributed by atoms with Gasteiger partial charge in [0.2, 0.25) is 0 Å². The minimum atomic E-state index is -0.221. The second-order valence-corrected chi connectivity index (χ2v) is 10.1. The summed E-state index contributed by atoms with van der Waals surface area (Å²) in [6.07, 6.45) is 3.49. The Morgan fingerprint density at radius 2 is 1.32 bits per heavy atom. The number of fused-ring (bicyclic) bond motifs is 1. The maximum absolute atomic E-state index is 13.0. The second-order valence-electron chi connectivity index (χ2n) is 9.75. The van der Waals surface area contributed by atoms with Gasteiger partial charge in [-0.1, -0.05) is 60.7 Å². The lowest BCUT2D eigenvalue weighted by Gasteiger charge is -2.28. The van der Waals surface area contributed by atoms with Gasteiger partial charge < -0.3 is 15.0 Å². The van der Waals surface area contributed by atoms with Crippen molar-refractivity contribution in [1.82, 2.24) is 14.9 Å². The number of thiocarbonyl (C=S) groups is 1. The van der Waals surface area contributed by atoms with Crippen LogP contribution >= 0.6 is 12.2 Å². The summed E-state index contributed by atoms with van der Waals surface area (Å²) in [5.41, 5.74) is 6.20. The number of nitrogens with one attached hydrogen (secondary N) is 1. The highest BCUT2D eigenvalue weighted by Crippen LogP contribution is 2.31. The zero-order valence-electron chi connectivity index (χ0n) is 21.9. The Hall–Kier alpha value is -4.62. The van der Waals surface area contributed by atoms with Crippen molar-refractivity contribution in [2.45, 2.75) is 19.3 Å². The molecule has 5 aromatic rings. The molecule has 0 bridgehead atoms. The van der Waals surface area contributed by atoms with Crippen molar-refractivity contribution in [2.24, 2.45) is 0 Å². The number of aromatic nitrogens is 2. The molecule has 0 spiro atoms. The minimum Gasteiger partial charge on any atom is -0.432 e. The molecule has 0 unspecified atom stereocenters. The first kappa shape index (κ1) is 25.6. The van der Waals surface area contributed by atoms with Crippen LogP contribution in [0.25, 0.3) is 33.5 Å². The molecular weight excluding hydrogens is 516 g/mol. The van der Waals surface area contributed by atoms with Crippen molar-refractivity contribution in [3.05, 3.63) is 109 Å². The summed E-state index contributed by atoms with van der Waals surface area (Å²) in [4.78, 5) is 25.1. The summed E-state index contributed by atoms with van der Waals surface area (Å²) in [5.74, 6) is 0.400. The van der Waals surface area contributed by atoms with Crippen LogP contribution in [0.5, 0.6) is 5.75 Å². The molecule has 6 rings (SSSR count). The van der Waals surface area contributed by atoms with Crippen LogP contribution < -0.4 is 10.1 Å². The van der Waals surface area contributed by atoms with E-state index >= 15 is 0 Å². The van der Waals surface area contributed by atoms with E-state index in [0.29, 0.717) is 27.7 Å². The van der Waals surface area contributed by atoms with E-state index in [2.05, 4.69) is 10.2 Å². The molecule has 1 aliphatic rings. The predicted molar refractivity (Wildman–Crippen MR) is 163 cm³/mol. The largest absolute Gasteiger partial charge is 0.432 e. The van der Waals surface area contributed by atoms with Crippen LogP contribution in [0.3, 0.4) is 0 Å². The maximum atomic E-state index is 13.0. The average Bonchev–Trinajstić information content (AvgIpc) is 3.02. The molecule has 40 heavy (non-hydrogen) atoms. The van der Waals surface area contributed by atoms with E-state index in [1.807, 2.05) is 78.9 Å². The lowest BCUT2D eigenvalue weighted by atomic mass is 10.0. The maximum Gasteiger partial charge on any atom is 0.264 e. The number of piperidine rings is 1. The Morgan fingerprint density at radius 3 is 1.95 bits per heavy atom. The van der Waals surface area contributed by atoms with Crippen molar-refractivity contribution in [3.63, 3.8) is 0 Å². The summed E-state index contributed by atoms with van der Waals surface area (Å²) in [7, 11) is 0. The first-order valence-electron chi connectivity index (χ1n) is 13.4. The Kier molecular flexibility index (Phi) is 7.46. The van der Waals surface area contributed by atoms with Gasteiger partial charge in [0.15, 0.2) is 0 Å². The summed E-state index contributed by atoms with van der Waals surface area (Å²) >= 11 is 5.46. The van der Waals surface area contributed by atoms with Crippen LogP contribution in [0.4, 0.5) is 5.69 Å². The fourth-order valence-electron chi connectivity index (χ4n) is 4.85. The number of carbonyl (C=O) groups is 1. The zero-order valence-corrected chi connectivity index (χ0v) is 22.7. The summed E-state index contributed by atoms with van der Waals surface area (Å²) in [5, 5.41) is 3.47. The third kappa shape index (κ3) is 5.70. The number of hydrogen-bond acceptors (Lipinski definition) is 5. The van der Waals surface area contributed by atoms with Crippen LogP contribution in [-0.2, 0) is 0 Å². The molecule has 198 valence electrons. The number of carbonyl (C=O) groups excluding carboxylic acids is 1. The number of benzene rings is 4. The zero-order chi connectivity index (χ0) is 27.3. The van der Waals surface area contributed by atoms with Crippen LogP contribution in [0.1, 0.15) is 29.6 Å². The Bertz CT molecular complexity index is 1650. The van der Waals surface area contributed by atoms with E-state index in [4.69, 9.17) is 26.9 Å². The van der Waals surface area contributed by atoms with E-state index in [-0.39, 0.29) is 5.91 Å². The molecule has 1 amide bonds. The highest BCUT2D eigenvalue weighted by atomic mass is 32.1. The van der Waals surface area contributed by atoms with Gasteiger partial charge in [-0.3, -0.25) is 4.79 Å². The molecule has 4 aromatic carbocycles. The smallest absolute Gasteiger partial charge is 0.264 e. The number of nitrogens with zero attached hydrogens (tertiary/aromatic N) is 3. The molecule has 1 fully saturated rings. The van der Waals surface area contributed by atoms with Crippen LogP contribution in [-0.4, -0.2) is 39.0 Å². The van der Waals surface area contributed by atoms with Crippen molar-refractivity contribution in [2.75, 3.05) is 18.4 Å². The molecule has 1 saturated heterocycles. The van der Waals surface area contributed by atoms with E-state index < -0.39 is 0 Å². The van der Waals surface area contributed by atoms with Crippen molar-refractivity contribution >= 4 is 40.0 Å². The number of likely N-dealkylation sites (tertiary alicyclic amines) is 1. The molecule has 1 N–H and O–H groups in total. The molecular formula is C33H28N4O2S. The first-order valence-corrected chi connectivity index (χ1v) is 13.9. The fourth-order valence-corrected chi connectivity index (χ4v) is 5.12. The highest BCUT2D eigenvalue weighted by Gasteiger charge is 2.16.